The zero-order valence-corrected chi connectivity index (χ0v) is 17.4. The van der Waals surface area contributed by atoms with Gasteiger partial charge in [-0.1, -0.05) is 20.8 Å². The van der Waals surface area contributed by atoms with Crippen LogP contribution >= 0.6 is 0 Å². The lowest BCUT2D eigenvalue weighted by molar-refractivity contribution is -0.135. The van der Waals surface area contributed by atoms with Crippen molar-refractivity contribution in [3.05, 3.63) is 33.4 Å². The van der Waals surface area contributed by atoms with E-state index in [0.29, 0.717) is 37.1 Å². The highest BCUT2D eigenvalue weighted by atomic mass is 16.2. The Hall–Kier alpha value is -2.64. The molecule has 2 aromatic heterocycles. The molecule has 0 bridgehead atoms. The van der Waals surface area contributed by atoms with E-state index >= 15 is 0 Å². The minimum atomic E-state index is -0.151. The maximum absolute atomic E-state index is 13.2. The van der Waals surface area contributed by atoms with E-state index in [4.69, 9.17) is 4.98 Å². The Morgan fingerprint density at radius 1 is 1.28 bits per heavy atom. The number of hydrogen-bond donors (Lipinski definition) is 1. The average molecular weight is 399 g/mol. The van der Waals surface area contributed by atoms with Gasteiger partial charge in [-0.05, 0) is 19.3 Å². The molecular formula is C21H29N5O3. The predicted molar refractivity (Wildman–Crippen MR) is 108 cm³/mol. The number of rotatable bonds is 3. The molecular weight excluding hydrogens is 370 g/mol. The molecule has 1 atom stereocenters. The molecule has 0 aromatic carbocycles. The Morgan fingerprint density at radius 2 is 2.07 bits per heavy atom. The summed E-state index contributed by atoms with van der Waals surface area (Å²) < 4.78 is 1.47. The molecule has 8 nitrogen and oxygen atoms in total. The first-order chi connectivity index (χ1) is 13.9. The van der Waals surface area contributed by atoms with E-state index in [9.17, 15) is 14.4 Å². The van der Waals surface area contributed by atoms with Crippen molar-refractivity contribution < 1.29 is 9.59 Å². The number of carbonyl (C=O) groups is 2. The van der Waals surface area contributed by atoms with Gasteiger partial charge in [0.1, 0.15) is 0 Å². The van der Waals surface area contributed by atoms with Crippen LogP contribution in [0, 0.1) is 5.92 Å². The molecule has 0 saturated carbocycles. The summed E-state index contributed by atoms with van der Waals surface area (Å²) in [6.07, 6.45) is 4.00. The number of amides is 2. The Kier molecular flexibility index (Phi) is 5.19. The number of likely N-dealkylation sites (tertiary alicyclic amines) is 1. The average Bonchev–Trinajstić information content (AvgIpc) is 3.16. The lowest BCUT2D eigenvalue weighted by Crippen LogP contribution is -2.42. The lowest BCUT2D eigenvalue weighted by atomic mass is 9.99. The molecule has 0 radical (unpaired) electrons. The van der Waals surface area contributed by atoms with Gasteiger partial charge in [-0.3, -0.25) is 19.5 Å². The zero-order valence-electron chi connectivity index (χ0n) is 17.4. The van der Waals surface area contributed by atoms with Crippen LogP contribution in [0.15, 0.2) is 10.9 Å². The van der Waals surface area contributed by atoms with Gasteiger partial charge in [-0.15, -0.1) is 0 Å². The molecule has 2 aliphatic heterocycles. The van der Waals surface area contributed by atoms with Gasteiger partial charge in [0.25, 0.3) is 5.56 Å². The minimum absolute atomic E-state index is 0.0478. The first-order valence-electron chi connectivity index (χ1n) is 10.6. The topological polar surface area (TPSA) is 90.8 Å². The number of fused-ring (bicyclic) bond motifs is 2. The highest BCUT2D eigenvalue weighted by Gasteiger charge is 2.30. The first kappa shape index (κ1) is 19.7. The van der Waals surface area contributed by atoms with Crippen molar-refractivity contribution >= 4 is 17.5 Å². The molecule has 1 fully saturated rings. The molecule has 4 heterocycles. The summed E-state index contributed by atoms with van der Waals surface area (Å²) in [5.74, 6) is 0.0977. The fourth-order valence-corrected chi connectivity index (χ4v) is 4.48. The molecule has 29 heavy (non-hydrogen) atoms. The summed E-state index contributed by atoms with van der Waals surface area (Å²) in [5.41, 5.74) is 2.65. The van der Waals surface area contributed by atoms with Crippen molar-refractivity contribution in [3.8, 4) is 0 Å². The number of aromatic nitrogens is 3. The van der Waals surface area contributed by atoms with Gasteiger partial charge in [0.05, 0.1) is 29.5 Å². The van der Waals surface area contributed by atoms with Crippen molar-refractivity contribution in [1.29, 1.82) is 0 Å². The van der Waals surface area contributed by atoms with E-state index in [0.717, 1.165) is 37.2 Å². The number of nitrogens with zero attached hydrogens (tertiary/aromatic N) is 4. The smallest absolute Gasteiger partial charge is 0.277 e. The summed E-state index contributed by atoms with van der Waals surface area (Å²) >= 11 is 0. The van der Waals surface area contributed by atoms with Crippen LogP contribution in [0.3, 0.4) is 0 Å². The Morgan fingerprint density at radius 3 is 2.79 bits per heavy atom. The van der Waals surface area contributed by atoms with Gasteiger partial charge in [0.15, 0.2) is 5.65 Å². The van der Waals surface area contributed by atoms with Crippen LogP contribution in [-0.4, -0.2) is 49.3 Å². The Balaban J connectivity index is 1.71. The monoisotopic (exact) mass is 399 g/mol. The highest BCUT2D eigenvalue weighted by Crippen LogP contribution is 2.31. The number of hydrogen-bond acceptors (Lipinski definition) is 4. The summed E-state index contributed by atoms with van der Waals surface area (Å²) in [6.45, 7) is 7.26. The largest absolute Gasteiger partial charge is 0.337 e. The molecule has 156 valence electrons. The van der Waals surface area contributed by atoms with E-state index in [1.807, 2.05) is 31.7 Å². The third-order valence-electron chi connectivity index (χ3n) is 6.07. The van der Waals surface area contributed by atoms with Crippen molar-refractivity contribution in [3.63, 3.8) is 0 Å². The third-order valence-corrected chi connectivity index (χ3v) is 6.07. The van der Waals surface area contributed by atoms with Crippen LogP contribution in [0.5, 0.6) is 0 Å². The second-order valence-electron chi connectivity index (χ2n) is 8.36. The van der Waals surface area contributed by atoms with Gasteiger partial charge in [-0.2, -0.15) is 0 Å². The van der Waals surface area contributed by atoms with E-state index in [1.165, 1.54) is 4.52 Å². The molecule has 1 N–H and O–H groups in total. The summed E-state index contributed by atoms with van der Waals surface area (Å²) in [7, 11) is 0. The highest BCUT2D eigenvalue weighted by molar-refractivity contribution is 5.78. The second-order valence-corrected chi connectivity index (χ2v) is 8.36. The lowest BCUT2D eigenvalue weighted by Gasteiger charge is -2.35. The zero-order chi connectivity index (χ0) is 20.7. The molecule has 0 aliphatic carbocycles. The standard InChI is InChI=1S/C21H29N5O3/c1-4-19(27)25-9-6-5-7-17(25)16-11-18-22-15-8-10-24(20(28)13(2)3)12-14(15)21(29)26(18)23-16/h11,13,17,23H,4-10,12H2,1-3H3/t17-/m0/s1. The quantitative estimate of drug-likeness (QED) is 0.855. The van der Waals surface area contributed by atoms with Crippen LogP contribution in [0.1, 0.15) is 69.4 Å². The molecule has 0 unspecified atom stereocenters. The molecule has 8 heteroatoms. The van der Waals surface area contributed by atoms with Gasteiger partial charge >= 0.3 is 0 Å². The number of piperidine rings is 1. The number of nitrogens with one attached hydrogen (secondary N) is 1. The van der Waals surface area contributed by atoms with Gasteiger partial charge in [0.2, 0.25) is 11.8 Å². The van der Waals surface area contributed by atoms with E-state index < -0.39 is 0 Å². The third kappa shape index (κ3) is 3.45. The van der Waals surface area contributed by atoms with Crippen molar-refractivity contribution in [2.75, 3.05) is 13.1 Å². The SMILES string of the molecule is CCC(=O)N1CCCC[C@H]1c1cc2nc3c(c(=O)n2[nH]1)CN(C(=O)C(C)C)CC3. The summed E-state index contributed by atoms with van der Waals surface area (Å²) in [6, 6.07) is 1.85. The molecule has 4 rings (SSSR count). The normalized spacial score (nSPS) is 19.7. The maximum atomic E-state index is 13.2. The summed E-state index contributed by atoms with van der Waals surface area (Å²) in [5, 5.41) is 3.20. The van der Waals surface area contributed by atoms with Gasteiger partial charge in [-0.25, -0.2) is 9.50 Å². The van der Waals surface area contributed by atoms with Crippen LogP contribution in [0.2, 0.25) is 0 Å². The van der Waals surface area contributed by atoms with Gasteiger partial charge in [0, 0.05) is 37.9 Å². The molecule has 2 amide bonds. The molecule has 2 aliphatic rings. The fraction of sp³-hybridized carbons (Fsp3) is 0.619. The summed E-state index contributed by atoms with van der Waals surface area (Å²) in [4.78, 5) is 46.3. The molecule has 2 aromatic rings. The molecule has 1 saturated heterocycles. The number of H-pyrrole nitrogens is 1. The fourth-order valence-electron chi connectivity index (χ4n) is 4.48. The van der Waals surface area contributed by atoms with Crippen LogP contribution in [0.4, 0.5) is 0 Å². The van der Waals surface area contributed by atoms with Gasteiger partial charge < -0.3 is 9.80 Å². The van der Waals surface area contributed by atoms with E-state index in [2.05, 4.69) is 5.10 Å². The van der Waals surface area contributed by atoms with Crippen molar-refractivity contribution in [1.82, 2.24) is 24.4 Å². The van der Waals surface area contributed by atoms with Crippen molar-refractivity contribution in [2.45, 2.75) is 65.5 Å². The van der Waals surface area contributed by atoms with Crippen LogP contribution in [0.25, 0.3) is 5.65 Å². The minimum Gasteiger partial charge on any atom is -0.337 e. The van der Waals surface area contributed by atoms with E-state index in [-0.39, 0.29) is 29.3 Å². The maximum Gasteiger partial charge on any atom is 0.277 e. The van der Waals surface area contributed by atoms with E-state index in [1.54, 1.807) is 4.90 Å². The predicted octanol–water partition coefficient (Wildman–Crippen LogP) is 2.03. The molecule has 0 spiro atoms. The Bertz CT molecular complexity index is 1010. The Labute approximate surface area is 169 Å². The second kappa shape index (κ2) is 7.65. The van der Waals surface area contributed by atoms with Crippen molar-refractivity contribution in [2.24, 2.45) is 5.92 Å². The first-order valence-corrected chi connectivity index (χ1v) is 10.6. The van der Waals surface area contributed by atoms with Crippen LogP contribution in [-0.2, 0) is 22.6 Å². The van der Waals surface area contributed by atoms with Crippen LogP contribution < -0.4 is 5.56 Å². The number of carbonyl (C=O) groups excluding carboxylic acids is 2. The number of aromatic amines is 1.